The Hall–Kier alpha value is -2.48. The first kappa shape index (κ1) is 19.5. The molecule has 1 aliphatic carbocycles. The van der Waals surface area contributed by atoms with Crippen molar-refractivity contribution in [3.8, 4) is 0 Å². The second kappa shape index (κ2) is 8.71. The molecule has 0 radical (unpaired) electrons. The van der Waals surface area contributed by atoms with Crippen molar-refractivity contribution in [3.63, 3.8) is 0 Å². The number of hydrogen-bond acceptors (Lipinski definition) is 7. The first-order valence-electron chi connectivity index (χ1n) is 11.3. The van der Waals surface area contributed by atoms with Crippen LogP contribution in [-0.2, 0) is 19.4 Å². The van der Waals surface area contributed by atoms with Crippen molar-refractivity contribution in [1.82, 2.24) is 35.5 Å². The normalized spacial score (nSPS) is 22.1. The van der Waals surface area contributed by atoms with Crippen molar-refractivity contribution in [2.75, 3.05) is 33.2 Å². The Morgan fingerprint density at radius 3 is 2.97 bits per heavy atom. The largest absolute Gasteiger partial charge is 0.354 e. The monoisotopic (exact) mass is 408 g/mol. The van der Waals surface area contributed by atoms with Gasteiger partial charge in [-0.2, -0.15) is 0 Å². The highest BCUT2D eigenvalue weighted by Crippen LogP contribution is 2.33. The van der Waals surface area contributed by atoms with Gasteiger partial charge in [-0.05, 0) is 63.1 Å². The van der Waals surface area contributed by atoms with E-state index in [1.165, 1.54) is 36.2 Å². The molecule has 2 N–H and O–H groups in total. The van der Waals surface area contributed by atoms with Crippen molar-refractivity contribution in [1.29, 1.82) is 0 Å². The number of H-pyrrole nitrogens is 1. The molecule has 0 bridgehead atoms. The SMILES string of the molecule is CN(Cc1nn[nH]c1CC1CCN(C2=NCCN2)CC1)C1CCCc2cccnc21. The Labute approximate surface area is 178 Å². The van der Waals surface area contributed by atoms with Crippen LogP contribution in [0.2, 0.25) is 0 Å². The molecule has 1 fully saturated rings. The molecule has 0 spiro atoms. The summed E-state index contributed by atoms with van der Waals surface area (Å²) in [5, 5.41) is 15.2. The number of aromatic nitrogens is 4. The summed E-state index contributed by atoms with van der Waals surface area (Å²) < 4.78 is 0. The van der Waals surface area contributed by atoms with Gasteiger partial charge in [0.2, 0.25) is 0 Å². The number of aryl methyl sites for hydroxylation is 1. The van der Waals surface area contributed by atoms with Gasteiger partial charge in [0.15, 0.2) is 5.96 Å². The zero-order valence-corrected chi connectivity index (χ0v) is 17.8. The predicted octanol–water partition coefficient (Wildman–Crippen LogP) is 1.92. The van der Waals surface area contributed by atoms with Gasteiger partial charge in [0.1, 0.15) is 0 Å². The molecule has 1 saturated heterocycles. The second-order valence-electron chi connectivity index (χ2n) is 8.87. The lowest BCUT2D eigenvalue weighted by Gasteiger charge is -2.33. The van der Waals surface area contributed by atoms with Gasteiger partial charge in [-0.3, -0.25) is 20.0 Å². The molecule has 2 aliphatic heterocycles. The summed E-state index contributed by atoms with van der Waals surface area (Å²) in [6.07, 6.45) is 8.85. The molecule has 2 aromatic heterocycles. The van der Waals surface area contributed by atoms with Gasteiger partial charge in [-0.1, -0.05) is 11.3 Å². The molecular weight excluding hydrogens is 376 g/mol. The number of nitrogens with zero attached hydrogens (tertiary/aromatic N) is 6. The quantitative estimate of drug-likeness (QED) is 0.786. The van der Waals surface area contributed by atoms with Crippen molar-refractivity contribution >= 4 is 5.96 Å². The topological polar surface area (TPSA) is 85.3 Å². The number of guanidine groups is 1. The van der Waals surface area contributed by atoms with E-state index < -0.39 is 0 Å². The lowest BCUT2D eigenvalue weighted by Crippen LogP contribution is -2.43. The van der Waals surface area contributed by atoms with Crippen LogP contribution >= 0.6 is 0 Å². The van der Waals surface area contributed by atoms with E-state index in [1.807, 2.05) is 6.20 Å². The maximum Gasteiger partial charge on any atom is 0.194 e. The van der Waals surface area contributed by atoms with Gasteiger partial charge >= 0.3 is 0 Å². The van der Waals surface area contributed by atoms with Gasteiger partial charge < -0.3 is 10.2 Å². The number of aromatic amines is 1. The number of piperidine rings is 1. The minimum absolute atomic E-state index is 0.363. The van der Waals surface area contributed by atoms with E-state index in [2.05, 4.69) is 54.7 Å². The average Bonchev–Trinajstić information content (AvgIpc) is 3.47. The van der Waals surface area contributed by atoms with E-state index in [4.69, 9.17) is 4.98 Å². The minimum atomic E-state index is 0.363. The number of fused-ring (bicyclic) bond motifs is 1. The van der Waals surface area contributed by atoms with E-state index in [-0.39, 0.29) is 0 Å². The third kappa shape index (κ3) is 4.05. The first-order chi connectivity index (χ1) is 14.8. The summed E-state index contributed by atoms with van der Waals surface area (Å²) >= 11 is 0. The zero-order chi connectivity index (χ0) is 20.3. The summed E-state index contributed by atoms with van der Waals surface area (Å²) in [6.45, 7) is 4.86. The summed E-state index contributed by atoms with van der Waals surface area (Å²) in [4.78, 5) is 14.1. The van der Waals surface area contributed by atoms with Crippen molar-refractivity contribution < 1.29 is 0 Å². The highest BCUT2D eigenvalue weighted by molar-refractivity contribution is 5.81. The molecule has 0 saturated carbocycles. The Morgan fingerprint density at radius 2 is 2.13 bits per heavy atom. The summed E-state index contributed by atoms with van der Waals surface area (Å²) in [6, 6.07) is 4.64. The molecular formula is C22H32N8. The van der Waals surface area contributed by atoms with Gasteiger partial charge in [0.25, 0.3) is 0 Å². The summed E-state index contributed by atoms with van der Waals surface area (Å²) in [5.41, 5.74) is 4.93. The number of nitrogens with one attached hydrogen (secondary N) is 2. The molecule has 4 heterocycles. The lowest BCUT2D eigenvalue weighted by atomic mass is 9.90. The molecule has 1 atom stereocenters. The molecule has 5 rings (SSSR count). The van der Waals surface area contributed by atoms with E-state index >= 15 is 0 Å². The van der Waals surface area contributed by atoms with Crippen LogP contribution in [0.4, 0.5) is 0 Å². The average molecular weight is 409 g/mol. The Kier molecular flexibility index (Phi) is 5.66. The number of likely N-dealkylation sites (tertiary alicyclic amines) is 1. The van der Waals surface area contributed by atoms with Crippen LogP contribution < -0.4 is 5.32 Å². The standard InChI is InChI=1S/C22H32N8/c1-29(20-6-2-4-17-5-3-9-23-21(17)20)15-19-18(26-28-27-19)14-16-7-12-30(13-8-16)22-24-10-11-25-22/h3,5,9,16,20H,2,4,6-8,10-15H2,1H3,(H,24,25)(H,26,27,28). The van der Waals surface area contributed by atoms with E-state index in [0.29, 0.717) is 12.0 Å². The summed E-state index contributed by atoms with van der Waals surface area (Å²) in [7, 11) is 2.20. The molecule has 8 nitrogen and oxygen atoms in total. The number of pyridine rings is 1. The second-order valence-corrected chi connectivity index (χ2v) is 8.87. The van der Waals surface area contributed by atoms with Crippen LogP contribution in [0.25, 0.3) is 0 Å². The molecule has 0 amide bonds. The van der Waals surface area contributed by atoms with Crippen LogP contribution in [-0.4, -0.2) is 69.4 Å². The van der Waals surface area contributed by atoms with Crippen LogP contribution in [0.5, 0.6) is 0 Å². The molecule has 2 aromatic rings. The molecule has 3 aliphatic rings. The molecule has 1 unspecified atom stereocenters. The van der Waals surface area contributed by atoms with Crippen molar-refractivity contribution in [2.24, 2.45) is 10.9 Å². The van der Waals surface area contributed by atoms with E-state index in [0.717, 1.165) is 63.6 Å². The van der Waals surface area contributed by atoms with Crippen LogP contribution in [0.15, 0.2) is 23.3 Å². The number of hydrogen-bond donors (Lipinski definition) is 2. The molecule has 160 valence electrons. The van der Waals surface area contributed by atoms with Crippen LogP contribution in [0.3, 0.4) is 0 Å². The third-order valence-electron chi connectivity index (χ3n) is 6.86. The lowest BCUT2D eigenvalue weighted by molar-refractivity contribution is 0.205. The van der Waals surface area contributed by atoms with Crippen LogP contribution in [0, 0.1) is 5.92 Å². The van der Waals surface area contributed by atoms with Crippen molar-refractivity contribution in [3.05, 3.63) is 41.0 Å². The highest BCUT2D eigenvalue weighted by atomic mass is 15.3. The molecule has 0 aromatic carbocycles. The molecule has 30 heavy (non-hydrogen) atoms. The predicted molar refractivity (Wildman–Crippen MR) is 116 cm³/mol. The first-order valence-corrected chi connectivity index (χ1v) is 11.3. The van der Waals surface area contributed by atoms with Gasteiger partial charge in [0, 0.05) is 32.4 Å². The number of aliphatic imine (C=N–C) groups is 1. The summed E-state index contributed by atoms with van der Waals surface area (Å²) in [5.74, 6) is 1.77. The fraction of sp³-hybridized carbons (Fsp3) is 0.636. The van der Waals surface area contributed by atoms with Gasteiger partial charge in [0.05, 0.1) is 29.7 Å². The maximum atomic E-state index is 4.70. The zero-order valence-electron chi connectivity index (χ0n) is 17.8. The fourth-order valence-electron chi connectivity index (χ4n) is 5.16. The Morgan fingerprint density at radius 1 is 1.23 bits per heavy atom. The van der Waals surface area contributed by atoms with Crippen LogP contribution in [0.1, 0.15) is 54.4 Å². The number of rotatable bonds is 5. The van der Waals surface area contributed by atoms with E-state index in [9.17, 15) is 0 Å². The van der Waals surface area contributed by atoms with Gasteiger partial charge in [-0.15, -0.1) is 5.10 Å². The maximum absolute atomic E-state index is 4.70. The highest BCUT2D eigenvalue weighted by Gasteiger charge is 2.27. The van der Waals surface area contributed by atoms with Gasteiger partial charge in [-0.25, -0.2) is 0 Å². The van der Waals surface area contributed by atoms with Crippen molar-refractivity contribution in [2.45, 2.75) is 51.1 Å². The third-order valence-corrected chi connectivity index (χ3v) is 6.86. The smallest absolute Gasteiger partial charge is 0.194 e. The van der Waals surface area contributed by atoms with E-state index in [1.54, 1.807) is 0 Å². The Balaban J connectivity index is 1.20. The molecule has 8 heteroatoms. The Bertz CT molecular complexity index is 883. The minimum Gasteiger partial charge on any atom is -0.354 e. The fourth-order valence-corrected chi connectivity index (χ4v) is 5.16.